The van der Waals surface area contributed by atoms with Crippen molar-refractivity contribution < 1.29 is 18.0 Å². The molecule has 0 heterocycles. The molecule has 0 fully saturated rings. The third-order valence-electron chi connectivity index (χ3n) is 3.12. The third kappa shape index (κ3) is 3.76. The van der Waals surface area contributed by atoms with E-state index in [1.54, 1.807) is 0 Å². The van der Waals surface area contributed by atoms with E-state index in [1.165, 1.54) is 6.07 Å². The van der Waals surface area contributed by atoms with Gasteiger partial charge in [0, 0.05) is 12.1 Å². The maximum Gasteiger partial charge on any atom is 0.417 e. The van der Waals surface area contributed by atoms with Gasteiger partial charge in [-0.1, -0.05) is 23.8 Å². The molecule has 0 radical (unpaired) electrons. The molecule has 0 aliphatic heterocycles. The Hall–Kier alpha value is -1.49. The molecule has 6 heteroatoms. The number of halogens is 4. The normalized spacial score (nSPS) is 18.3. The SMILES string of the molecule is O=C(C[C@H]1C=CCC1)Nc1ccc(Cl)c(C(F)(F)F)c1. The number of amides is 1. The molecule has 1 aliphatic carbocycles. The number of benzene rings is 1. The van der Waals surface area contributed by atoms with Crippen LogP contribution in [0.2, 0.25) is 5.02 Å². The molecule has 1 aliphatic rings. The number of carbonyl (C=O) groups is 1. The number of hydrogen-bond donors (Lipinski definition) is 1. The molecule has 108 valence electrons. The van der Waals surface area contributed by atoms with E-state index in [4.69, 9.17) is 11.6 Å². The monoisotopic (exact) mass is 303 g/mol. The van der Waals surface area contributed by atoms with Gasteiger partial charge in [-0.2, -0.15) is 13.2 Å². The average molecular weight is 304 g/mol. The maximum atomic E-state index is 12.7. The van der Waals surface area contributed by atoms with E-state index in [0.717, 1.165) is 25.0 Å². The first-order valence-corrected chi connectivity index (χ1v) is 6.57. The minimum atomic E-state index is -4.54. The minimum absolute atomic E-state index is 0.105. The molecule has 0 saturated heterocycles. The van der Waals surface area contributed by atoms with Gasteiger partial charge in [-0.3, -0.25) is 4.79 Å². The van der Waals surface area contributed by atoms with Gasteiger partial charge < -0.3 is 5.32 Å². The Morgan fingerprint density at radius 3 is 2.75 bits per heavy atom. The van der Waals surface area contributed by atoms with Crippen LogP contribution in [0.1, 0.15) is 24.8 Å². The van der Waals surface area contributed by atoms with Gasteiger partial charge in [-0.25, -0.2) is 0 Å². The molecule has 20 heavy (non-hydrogen) atoms. The summed E-state index contributed by atoms with van der Waals surface area (Å²) >= 11 is 5.51. The highest BCUT2D eigenvalue weighted by molar-refractivity contribution is 6.31. The van der Waals surface area contributed by atoms with E-state index in [1.807, 2.05) is 12.2 Å². The summed E-state index contributed by atoms with van der Waals surface area (Å²) in [5.74, 6) is -0.124. The lowest BCUT2D eigenvalue weighted by atomic mass is 10.0. The zero-order valence-corrected chi connectivity index (χ0v) is 11.3. The molecule has 1 N–H and O–H groups in total. The first-order valence-electron chi connectivity index (χ1n) is 6.19. The Morgan fingerprint density at radius 2 is 2.15 bits per heavy atom. The highest BCUT2D eigenvalue weighted by atomic mass is 35.5. The lowest BCUT2D eigenvalue weighted by Gasteiger charge is -2.12. The molecule has 1 aromatic carbocycles. The lowest BCUT2D eigenvalue weighted by Crippen LogP contribution is -2.15. The van der Waals surface area contributed by atoms with Crippen LogP contribution in [-0.4, -0.2) is 5.91 Å². The summed E-state index contributed by atoms with van der Waals surface area (Å²) in [6.07, 6.45) is 1.55. The Kier molecular flexibility index (Phi) is 4.38. The standard InChI is InChI=1S/C14H13ClF3NO/c15-12-6-5-10(8-11(12)14(16,17)18)19-13(20)7-9-3-1-2-4-9/h1,3,5-6,8-9H,2,4,7H2,(H,19,20)/t9-/m0/s1. The Labute approximate surface area is 119 Å². The molecule has 0 spiro atoms. The third-order valence-corrected chi connectivity index (χ3v) is 3.45. The molecule has 1 amide bonds. The number of carbonyl (C=O) groups excluding carboxylic acids is 1. The topological polar surface area (TPSA) is 29.1 Å². The fourth-order valence-corrected chi connectivity index (χ4v) is 2.36. The molecular formula is C14H13ClF3NO. The zero-order chi connectivity index (χ0) is 14.8. The number of nitrogens with one attached hydrogen (secondary N) is 1. The van der Waals surface area contributed by atoms with Gasteiger partial charge >= 0.3 is 6.18 Å². The summed E-state index contributed by atoms with van der Waals surface area (Å²) in [6.45, 7) is 0. The number of alkyl halides is 3. The molecule has 1 aromatic rings. The van der Waals surface area contributed by atoms with Gasteiger partial charge in [-0.05, 0) is 37.0 Å². The van der Waals surface area contributed by atoms with Crippen LogP contribution in [0.15, 0.2) is 30.4 Å². The van der Waals surface area contributed by atoms with Crippen LogP contribution in [-0.2, 0) is 11.0 Å². The molecule has 2 nitrogen and oxygen atoms in total. The van der Waals surface area contributed by atoms with Gasteiger partial charge in [0.15, 0.2) is 0 Å². The smallest absolute Gasteiger partial charge is 0.326 e. The summed E-state index contributed by atoms with van der Waals surface area (Å²) in [7, 11) is 0. The minimum Gasteiger partial charge on any atom is -0.326 e. The van der Waals surface area contributed by atoms with Crippen molar-refractivity contribution >= 4 is 23.2 Å². The molecule has 0 saturated carbocycles. The Morgan fingerprint density at radius 1 is 1.40 bits per heavy atom. The number of hydrogen-bond acceptors (Lipinski definition) is 1. The van der Waals surface area contributed by atoms with Crippen LogP contribution in [0.5, 0.6) is 0 Å². The second kappa shape index (κ2) is 5.87. The van der Waals surface area contributed by atoms with Crippen LogP contribution >= 0.6 is 11.6 Å². The predicted molar refractivity (Wildman–Crippen MR) is 71.6 cm³/mol. The van der Waals surface area contributed by atoms with Crippen LogP contribution in [0.4, 0.5) is 18.9 Å². The van der Waals surface area contributed by atoms with Crippen molar-refractivity contribution in [1.29, 1.82) is 0 Å². The fraction of sp³-hybridized carbons (Fsp3) is 0.357. The van der Waals surface area contributed by atoms with Crippen molar-refractivity contribution in [2.24, 2.45) is 5.92 Å². The number of rotatable bonds is 3. The molecule has 0 aromatic heterocycles. The van der Waals surface area contributed by atoms with E-state index < -0.39 is 11.7 Å². The quantitative estimate of drug-likeness (QED) is 0.809. The van der Waals surface area contributed by atoms with Gasteiger partial charge in [0.25, 0.3) is 0 Å². The van der Waals surface area contributed by atoms with Crippen LogP contribution < -0.4 is 5.32 Å². The molecule has 0 unspecified atom stereocenters. The molecule has 2 rings (SSSR count). The first-order chi connectivity index (χ1) is 9.36. The maximum absolute atomic E-state index is 12.7. The number of allylic oxidation sites excluding steroid dienone is 2. The van der Waals surface area contributed by atoms with E-state index in [9.17, 15) is 18.0 Å². The number of anilines is 1. The van der Waals surface area contributed by atoms with Crippen LogP contribution in [0.3, 0.4) is 0 Å². The zero-order valence-electron chi connectivity index (χ0n) is 10.5. The Balaban J connectivity index is 2.05. The van der Waals surface area contributed by atoms with E-state index in [0.29, 0.717) is 0 Å². The summed E-state index contributed by atoms with van der Waals surface area (Å²) < 4.78 is 38.1. The van der Waals surface area contributed by atoms with Gasteiger partial charge in [0.2, 0.25) is 5.91 Å². The molecular weight excluding hydrogens is 291 g/mol. The summed E-state index contributed by atoms with van der Waals surface area (Å²) in [6, 6.07) is 3.35. The van der Waals surface area contributed by atoms with Crippen molar-refractivity contribution in [3.63, 3.8) is 0 Å². The highest BCUT2D eigenvalue weighted by Gasteiger charge is 2.33. The summed E-state index contributed by atoms with van der Waals surface area (Å²) in [5, 5.41) is 2.10. The molecule has 1 atom stereocenters. The largest absolute Gasteiger partial charge is 0.417 e. The fourth-order valence-electron chi connectivity index (χ4n) is 2.14. The summed E-state index contributed by atoms with van der Waals surface area (Å²) in [5.41, 5.74) is -0.841. The van der Waals surface area contributed by atoms with Crippen LogP contribution in [0, 0.1) is 5.92 Å². The van der Waals surface area contributed by atoms with Gasteiger partial charge in [0.1, 0.15) is 0 Å². The van der Waals surface area contributed by atoms with Gasteiger partial charge in [-0.15, -0.1) is 0 Å². The van der Waals surface area contributed by atoms with Crippen molar-refractivity contribution in [2.45, 2.75) is 25.4 Å². The second-order valence-electron chi connectivity index (χ2n) is 4.71. The van der Waals surface area contributed by atoms with E-state index in [-0.39, 0.29) is 29.0 Å². The highest BCUT2D eigenvalue weighted by Crippen LogP contribution is 2.36. The van der Waals surface area contributed by atoms with Crippen molar-refractivity contribution in [3.8, 4) is 0 Å². The van der Waals surface area contributed by atoms with E-state index in [2.05, 4.69) is 5.32 Å². The Bertz CT molecular complexity index is 540. The van der Waals surface area contributed by atoms with Crippen molar-refractivity contribution in [2.75, 3.05) is 5.32 Å². The van der Waals surface area contributed by atoms with Crippen molar-refractivity contribution in [3.05, 3.63) is 40.9 Å². The summed E-state index contributed by atoms with van der Waals surface area (Å²) in [4.78, 5) is 11.8. The lowest BCUT2D eigenvalue weighted by molar-refractivity contribution is -0.137. The van der Waals surface area contributed by atoms with Crippen LogP contribution in [0.25, 0.3) is 0 Å². The predicted octanol–water partition coefficient (Wildman–Crippen LogP) is 4.65. The average Bonchev–Trinajstić information content (AvgIpc) is 2.83. The van der Waals surface area contributed by atoms with Crippen molar-refractivity contribution in [1.82, 2.24) is 0 Å². The van der Waals surface area contributed by atoms with Gasteiger partial charge in [0.05, 0.1) is 10.6 Å². The van der Waals surface area contributed by atoms with E-state index >= 15 is 0 Å². The molecule has 0 bridgehead atoms. The first kappa shape index (κ1) is 14.9. The second-order valence-corrected chi connectivity index (χ2v) is 5.12.